The summed E-state index contributed by atoms with van der Waals surface area (Å²) in [5.41, 5.74) is 3.00. The topological polar surface area (TPSA) is 37.4 Å². The van der Waals surface area contributed by atoms with Crippen molar-refractivity contribution in [2.75, 3.05) is 31.6 Å². The second-order valence-electron chi connectivity index (χ2n) is 7.84. The van der Waals surface area contributed by atoms with Gasteiger partial charge in [0.25, 0.3) is 12.2 Å². The highest BCUT2D eigenvalue weighted by molar-refractivity contribution is 5.78. The Bertz CT molecular complexity index is 1080. The third kappa shape index (κ3) is 4.30. The number of fused-ring (bicyclic) bond motifs is 1. The first-order valence-electron chi connectivity index (χ1n) is 9.86. The minimum Gasteiger partial charge on any atom is -0.430 e. The second kappa shape index (κ2) is 8.33. The van der Waals surface area contributed by atoms with Crippen molar-refractivity contribution in [2.24, 2.45) is 14.1 Å². The average Bonchev–Trinajstić information content (AvgIpc) is 3.02. The molecule has 6 nitrogen and oxygen atoms in total. The maximum atomic E-state index is 13.2. The van der Waals surface area contributed by atoms with E-state index in [0.717, 1.165) is 22.4 Å². The standard InChI is InChI=1S/C21H24F4N5O/c1-27-10-15-17(28(2)12-26-15)7-20(27)29(3)16-5-4-13(6-18(16)31-21(24)25)14-8-30(9-14)11-19(22)23/h4-7,10,12,14,19,21H,8-9,11H2,1-3H3/q+1. The average molecular weight is 438 g/mol. The lowest BCUT2D eigenvalue weighted by molar-refractivity contribution is -0.657. The van der Waals surface area contributed by atoms with Crippen LogP contribution in [0.4, 0.5) is 29.1 Å². The zero-order valence-corrected chi connectivity index (χ0v) is 17.5. The zero-order valence-electron chi connectivity index (χ0n) is 17.5. The number of anilines is 2. The molecule has 1 aliphatic heterocycles. The number of ether oxygens (including phenoxy) is 1. The summed E-state index contributed by atoms with van der Waals surface area (Å²) in [6, 6.07) is 7.09. The van der Waals surface area contributed by atoms with Gasteiger partial charge in [0.1, 0.15) is 11.7 Å². The Morgan fingerprint density at radius 2 is 1.97 bits per heavy atom. The van der Waals surface area contributed by atoms with Crippen molar-refractivity contribution < 1.29 is 26.9 Å². The zero-order chi connectivity index (χ0) is 22.3. The number of halogens is 4. The van der Waals surface area contributed by atoms with Gasteiger partial charge in [0.05, 0.1) is 38.6 Å². The van der Waals surface area contributed by atoms with Gasteiger partial charge in [-0.3, -0.25) is 4.90 Å². The lowest BCUT2D eigenvalue weighted by Crippen LogP contribution is -2.47. The van der Waals surface area contributed by atoms with Crippen LogP contribution in [0.3, 0.4) is 0 Å². The molecule has 1 aromatic carbocycles. The van der Waals surface area contributed by atoms with Crippen LogP contribution in [-0.2, 0) is 14.1 Å². The quantitative estimate of drug-likeness (QED) is 0.419. The Balaban J connectivity index is 1.64. The van der Waals surface area contributed by atoms with Gasteiger partial charge in [0, 0.05) is 26.1 Å². The molecule has 0 bridgehead atoms. The monoisotopic (exact) mass is 438 g/mol. The predicted molar refractivity (Wildman–Crippen MR) is 108 cm³/mol. The van der Waals surface area contributed by atoms with Crippen molar-refractivity contribution in [3.05, 3.63) is 42.4 Å². The van der Waals surface area contributed by atoms with E-state index in [9.17, 15) is 17.6 Å². The minimum absolute atomic E-state index is 0.0139. The minimum atomic E-state index is -2.98. The van der Waals surface area contributed by atoms with E-state index in [1.54, 1.807) is 35.3 Å². The van der Waals surface area contributed by atoms with Gasteiger partial charge < -0.3 is 9.30 Å². The van der Waals surface area contributed by atoms with E-state index in [2.05, 4.69) is 4.98 Å². The van der Waals surface area contributed by atoms with Gasteiger partial charge in [-0.15, -0.1) is 0 Å². The summed E-state index contributed by atoms with van der Waals surface area (Å²) in [5, 5.41) is 0. The number of likely N-dealkylation sites (tertiary alicyclic amines) is 1. The molecule has 31 heavy (non-hydrogen) atoms. The Hall–Kier alpha value is -2.88. The Kier molecular flexibility index (Phi) is 5.74. The summed E-state index contributed by atoms with van der Waals surface area (Å²) in [5.74, 6) is 0.821. The number of aromatic nitrogens is 3. The molecule has 0 N–H and O–H groups in total. The van der Waals surface area contributed by atoms with Crippen LogP contribution in [-0.4, -0.2) is 54.2 Å². The molecule has 1 saturated heterocycles. The molecule has 1 fully saturated rings. The molecular weight excluding hydrogens is 414 g/mol. The molecule has 0 amide bonds. The summed E-state index contributed by atoms with van der Waals surface area (Å²) >= 11 is 0. The van der Waals surface area contributed by atoms with Gasteiger partial charge in [-0.2, -0.15) is 8.78 Å². The molecule has 1 aliphatic rings. The highest BCUT2D eigenvalue weighted by Crippen LogP contribution is 2.37. The summed E-state index contributed by atoms with van der Waals surface area (Å²) in [6.45, 7) is -2.31. The van der Waals surface area contributed by atoms with E-state index >= 15 is 0 Å². The van der Waals surface area contributed by atoms with Crippen LogP contribution in [0, 0.1) is 0 Å². The van der Waals surface area contributed by atoms with E-state index in [1.165, 1.54) is 0 Å². The fourth-order valence-electron chi connectivity index (χ4n) is 4.04. The Morgan fingerprint density at radius 1 is 1.23 bits per heavy atom. The maximum absolute atomic E-state index is 13.2. The van der Waals surface area contributed by atoms with E-state index in [1.807, 2.05) is 41.6 Å². The van der Waals surface area contributed by atoms with Crippen LogP contribution < -0.4 is 14.2 Å². The second-order valence-corrected chi connectivity index (χ2v) is 7.84. The number of alkyl halides is 4. The molecule has 0 radical (unpaired) electrons. The van der Waals surface area contributed by atoms with Crippen LogP contribution in [0.1, 0.15) is 11.5 Å². The van der Waals surface area contributed by atoms with Gasteiger partial charge in [0.2, 0.25) is 0 Å². The number of aryl methyl sites for hydroxylation is 2. The third-order valence-corrected chi connectivity index (χ3v) is 5.69. The molecule has 0 atom stereocenters. The largest absolute Gasteiger partial charge is 0.430 e. The molecule has 0 unspecified atom stereocenters. The Labute approximate surface area is 177 Å². The molecule has 3 aromatic rings. The predicted octanol–water partition coefficient (Wildman–Crippen LogP) is 3.43. The van der Waals surface area contributed by atoms with E-state index in [4.69, 9.17) is 4.74 Å². The number of imidazole rings is 1. The summed E-state index contributed by atoms with van der Waals surface area (Å²) in [4.78, 5) is 7.75. The molecular formula is C21H24F4N5O+. The molecule has 10 heteroatoms. The first kappa shape index (κ1) is 21.4. The maximum Gasteiger partial charge on any atom is 0.387 e. The highest BCUT2D eigenvalue weighted by atomic mass is 19.3. The molecule has 4 rings (SSSR count). The van der Waals surface area contributed by atoms with Crippen molar-refractivity contribution in [1.82, 2.24) is 14.5 Å². The van der Waals surface area contributed by atoms with Crippen molar-refractivity contribution in [3.63, 3.8) is 0 Å². The number of pyridine rings is 1. The number of rotatable bonds is 7. The van der Waals surface area contributed by atoms with Gasteiger partial charge in [-0.1, -0.05) is 6.07 Å². The SMILES string of the molecule is CN(c1ccc(C2CN(CC(F)F)C2)cc1OC(F)F)c1cc2c(c[n+]1C)ncn2C. The molecule has 0 saturated carbocycles. The van der Waals surface area contributed by atoms with Crippen molar-refractivity contribution in [1.29, 1.82) is 0 Å². The van der Waals surface area contributed by atoms with Crippen LogP contribution in [0.2, 0.25) is 0 Å². The fraction of sp³-hybridized carbons (Fsp3) is 0.429. The molecule has 0 spiro atoms. The summed E-state index contributed by atoms with van der Waals surface area (Å²) in [6.07, 6.45) is 1.20. The van der Waals surface area contributed by atoms with Gasteiger partial charge >= 0.3 is 6.61 Å². The van der Waals surface area contributed by atoms with Gasteiger partial charge in [0.15, 0.2) is 11.4 Å². The Morgan fingerprint density at radius 3 is 2.65 bits per heavy atom. The summed E-state index contributed by atoms with van der Waals surface area (Å²) < 4.78 is 59.9. The fourth-order valence-corrected chi connectivity index (χ4v) is 4.04. The summed E-state index contributed by atoms with van der Waals surface area (Å²) in [7, 11) is 5.52. The lowest BCUT2D eigenvalue weighted by Gasteiger charge is -2.39. The molecule has 2 aromatic heterocycles. The third-order valence-electron chi connectivity index (χ3n) is 5.69. The number of nitrogens with zero attached hydrogens (tertiary/aromatic N) is 5. The first-order chi connectivity index (χ1) is 14.7. The van der Waals surface area contributed by atoms with E-state index in [0.29, 0.717) is 18.8 Å². The molecule has 0 aliphatic carbocycles. The van der Waals surface area contributed by atoms with E-state index in [-0.39, 0.29) is 18.2 Å². The first-order valence-corrected chi connectivity index (χ1v) is 9.86. The van der Waals surface area contributed by atoms with Crippen LogP contribution in [0.15, 0.2) is 36.8 Å². The van der Waals surface area contributed by atoms with Gasteiger partial charge in [-0.25, -0.2) is 23.2 Å². The highest BCUT2D eigenvalue weighted by Gasteiger charge is 2.31. The number of hydrogen-bond donors (Lipinski definition) is 0. The van der Waals surface area contributed by atoms with Crippen molar-refractivity contribution in [3.8, 4) is 5.75 Å². The number of hydrogen-bond acceptors (Lipinski definition) is 4. The van der Waals surface area contributed by atoms with Crippen LogP contribution in [0.25, 0.3) is 11.0 Å². The molecule has 166 valence electrons. The van der Waals surface area contributed by atoms with Crippen molar-refractivity contribution in [2.45, 2.75) is 19.0 Å². The van der Waals surface area contributed by atoms with Crippen molar-refractivity contribution >= 4 is 22.5 Å². The van der Waals surface area contributed by atoms with Crippen LogP contribution >= 0.6 is 0 Å². The smallest absolute Gasteiger partial charge is 0.387 e. The van der Waals surface area contributed by atoms with Gasteiger partial charge in [-0.05, 0) is 17.7 Å². The number of benzene rings is 1. The normalized spacial score (nSPS) is 15.1. The van der Waals surface area contributed by atoms with E-state index < -0.39 is 13.0 Å². The molecule has 3 heterocycles. The van der Waals surface area contributed by atoms with Crippen LogP contribution in [0.5, 0.6) is 5.75 Å². The lowest BCUT2D eigenvalue weighted by atomic mass is 9.91.